The second-order valence-corrected chi connectivity index (χ2v) is 5.93. The van der Waals surface area contributed by atoms with Gasteiger partial charge in [0, 0.05) is 10.9 Å². The van der Waals surface area contributed by atoms with Gasteiger partial charge in [-0.2, -0.15) is 0 Å². The van der Waals surface area contributed by atoms with Crippen LogP contribution in [-0.4, -0.2) is 6.54 Å². The summed E-state index contributed by atoms with van der Waals surface area (Å²) in [6, 6.07) is 6.77. The van der Waals surface area contributed by atoms with Gasteiger partial charge in [0.1, 0.15) is 11.3 Å². The SMILES string of the molecule is CCCCc1ccc2oc(CNCC)c(C3CC3)c2c1. The molecule has 1 saturated carbocycles. The molecule has 2 aromatic rings. The molecule has 1 aliphatic carbocycles. The van der Waals surface area contributed by atoms with Crippen LogP contribution < -0.4 is 5.32 Å². The fraction of sp³-hybridized carbons (Fsp3) is 0.556. The third-order valence-electron chi connectivity index (χ3n) is 4.21. The minimum absolute atomic E-state index is 0.742. The van der Waals surface area contributed by atoms with E-state index < -0.39 is 0 Å². The Kier molecular flexibility index (Phi) is 4.11. The molecule has 0 spiro atoms. The molecule has 0 amide bonds. The fourth-order valence-corrected chi connectivity index (χ4v) is 2.94. The first-order valence-corrected chi connectivity index (χ1v) is 8.08. The van der Waals surface area contributed by atoms with Gasteiger partial charge in [-0.3, -0.25) is 0 Å². The zero-order chi connectivity index (χ0) is 13.9. The topological polar surface area (TPSA) is 25.2 Å². The zero-order valence-corrected chi connectivity index (χ0v) is 12.7. The highest BCUT2D eigenvalue weighted by Crippen LogP contribution is 2.46. The van der Waals surface area contributed by atoms with Crippen molar-refractivity contribution in [3.63, 3.8) is 0 Å². The molecule has 1 aromatic heterocycles. The largest absolute Gasteiger partial charge is 0.459 e. The third-order valence-corrected chi connectivity index (χ3v) is 4.21. The number of hydrogen-bond acceptors (Lipinski definition) is 2. The molecule has 0 aliphatic heterocycles. The molecule has 3 rings (SSSR count). The standard InChI is InChI=1S/C18H25NO/c1-3-5-6-13-7-10-16-15(11-13)18(14-8-9-14)17(20-16)12-19-4-2/h7,10-11,14,19H,3-6,8-9,12H2,1-2H3. The lowest BCUT2D eigenvalue weighted by Gasteiger charge is -2.03. The quantitative estimate of drug-likeness (QED) is 0.785. The van der Waals surface area contributed by atoms with Crippen LogP contribution in [0.4, 0.5) is 0 Å². The monoisotopic (exact) mass is 271 g/mol. The van der Waals surface area contributed by atoms with Gasteiger partial charge in [-0.25, -0.2) is 0 Å². The number of benzene rings is 1. The van der Waals surface area contributed by atoms with Gasteiger partial charge in [-0.1, -0.05) is 26.3 Å². The summed E-state index contributed by atoms with van der Waals surface area (Å²) in [5.41, 5.74) is 4.01. The van der Waals surface area contributed by atoms with Gasteiger partial charge >= 0.3 is 0 Å². The van der Waals surface area contributed by atoms with Crippen molar-refractivity contribution in [2.75, 3.05) is 6.54 Å². The van der Waals surface area contributed by atoms with Crippen LogP contribution in [0.5, 0.6) is 0 Å². The summed E-state index contributed by atoms with van der Waals surface area (Å²) in [4.78, 5) is 0. The predicted octanol–water partition coefficient (Wildman–Crippen LogP) is 4.76. The molecule has 2 nitrogen and oxygen atoms in total. The Morgan fingerprint density at radius 2 is 2.10 bits per heavy atom. The van der Waals surface area contributed by atoms with Crippen molar-refractivity contribution < 1.29 is 4.42 Å². The van der Waals surface area contributed by atoms with Gasteiger partial charge < -0.3 is 9.73 Å². The second kappa shape index (κ2) is 6.01. The van der Waals surface area contributed by atoms with Gasteiger partial charge in [-0.15, -0.1) is 0 Å². The molecule has 1 heterocycles. The van der Waals surface area contributed by atoms with E-state index in [1.54, 1.807) is 0 Å². The minimum atomic E-state index is 0.742. The van der Waals surface area contributed by atoms with E-state index in [2.05, 4.69) is 37.4 Å². The van der Waals surface area contributed by atoms with Gasteiger partial charge in [0.05, 0.1) is 6.54 Å². The van der Waals surface area contributed by atoms with Crippen LogP contribution in [-0.2, 0) is 13.0 Å². The highest BCUT2D eigenvalue weighted by atomic mass is 16.3. The molecule has 0 saturated heterocycles. The molecule has 1 fully saturated rings. The Morgan fingerprint density at radius 1 is 1.25 bits per heavy atom. The summed E-state index contributed by atoms with van der Waals surface area (Å²) in [6.45, 7) is 6.24. The van der Waals surface area contributed by atoms with Crippen LogP contribution in [0.2, 0.25) is 0 Å². The van der Waals surface area contributed by atoms with Crippen molar-refractivity contribution in [3.8, 4) is 0 Å². The summed E-state index contributed by atoms with van der Waals surface area (Å²) >= 11 is 0. The predicted molar refractivity (Wildman–Crippen MR) is 84.2 cm³/mol. The van der Waals surface area contributed by atoms with Crippen molar-refractivity contribution >= 4 is 11.0 Å². The van der Waals surface area contributed by atoms with E-state index in [0.29, 0.717) is 0 Å². The van der Waals surface area contributed by atoms with Gasteiger partial charge in [0.15, 0.2) is 0 Å². The summed E-state index contributed by atoms with van der Waals surface area (Å²) < 4.78 is 6.10. The van der Waals surface area contributed by atoms with E-state index in [0.717, 1.165) is 30.4 Å². The van der Waals surface area contributed by atoms with Crippen LogP contribution in [0.25, 0.3) is 11.0 Å². The normalized spacial score (nSPS) is 15.1. The van der Waals surface area contributed by atoms with E-state index in [-0.39, 0.29) is 0 Å². The number of fused-ring (bicyclic) bond motifs is 1. The van der Waals surface area contributed by atoms with E-state index in [1.807, 2.05) is 0 Å². The molecule has 0 atom stereocenters. The molecular weight excluding hydrogens is 246 g/mol. The zero-order valence-electron chi connectivity index (χ0n) is 12.7. The van der Waals surface area contributed by atoms with E-state index in [4.69, 9.17) is 4.42 Å². The minimum Gasteiger partial charge on any atom is -0.459 e. The van der Waals surface area contributed by atoms with Gasteiger partial charge in [0.2, 0.25) is 0 Å². The highest BCUT2D eigenvalue weighted by Gasteiger charge is 2.30. The molecule has 2 heteroatoms. The molecule has 1 aliphatic rings. The fourth-order valence-electron chi connectivity index (χ4n) is 2.94. The summed E-state index contributed by atoms with van der Waals surface area (Å²) in [6.07, 6.45) is 6.36. The van der Waals surface area contributed by atoms with Crippen LogP contribution >= 0.6 is 0 Å². The van der Waals surface area contributed by atoms with Crippen LogP contribution in [0.1, 0.15) is 62.3 Å². The van der Waals surface area contributed by atoms with Crippen molar-refractivity contribution in [2.24, 2.45) is 0 Å². The number of aryl methyl sites for hydroxylation is 1. The van der Waals surface area contributed by atoms with Gasteiger partial charge in [-0.05, 0) is 55.8 Å². The third kappa shape index (κ3) is 2.76. The molecule has 0 radical (unpaired) electrons. The summed E-state index contributed by atoms with van der Waals surface area (Å²) in [5, 5.41) is 4.77. The molecular formula is C18H25NO. The van der Waals surface area contributed by atoms with E-state index in [9.17, 15) is 0 Å². The number of unbranched alkanes of at least 4 members (excludes halogenated alkanes) is 1. The first-order valence-electron chi connectivity index (χ1n) is 8.08. The van der Waals surface area contributed by atoms with Crippen LogP contribution in [0.15, 0.2) is 22.6 Å². The molecule has 0 bridgehead atoms. The first kappa shape index (κ1) is 13.7. The first-order chi connectivity index (χ1) is 9.83. The Labute approximate surface area is 121 Å². The number of nitrogens with one attached hydrogen (secondary N) is 1. The smallest absolute Gasteiger partial charge is 0.134 e. The molecule has 108 valence electrons. The molecule has 0 unspecified atom stereocenters. The van der Waals surface area contributed by atoms with Crippen molar-refractivity contribution in [3.05, 3.63) is 35.1 Å². The van der Waals surface area contributed by atoms with Crippen LogP contribution in [0.3, 0.4) is 0 Å². The van der Waals surface area contributed by atoms with Crippen molar-refractivity contribution in [2.45, 2.75) is 58.4 Å². The Morgan fingerprint density at radius 3 is 2.80 bits per heavy atom. The Balaban J connectivity index is 1.96. The van der Waals surface area contributed by atoms with E-state index in [1.165, 1.54) is 48.6 Å². The number of hydrogen-bond donors (Lipinski definition) is 1. The lowest BCUT2D eigenvalue weighted by molar-refractivity contribution is 0.513. The van der Waals surface area contributed by atoms with Gasteiger partial charge in [0.25, 0.3) is 0 Å². The number of rotatable bonds is 7. The average molecular weight is 271 g/mol. The van der Waals surface area contributed by atoms with Crippen LogP contribution in [0, 0.1) is 0 Å². The Bertz CT molecular complexity index is 580. The summed E-state index contributed by atoms with van der Waals surface area (Å²) in [7, 11) is 0. The highest BCUT2D eigenvalue weighted by molar-refractivity contribution is 5.84. The lowest BCUT2D eigenvalue weighted by atomic mass is 10.0. The maximum atomic E-state index is 6.10. The summed E-state index contributed by atoms with van der Waals surface area (Å²) in [5.74, 6) is 1.91. The Hall–Kier alpha value is -1.28. The van der Waals surface area contributed by atoms with Crippen molar-refractivity contribution in [1.29, 1.82) is 0 Å². The van der Waals surface area contributed by atoms with E-state index >= 15 is 0 Å². The lowest BCUT2D eigenvalue weighted by Crippen LogP contribution is -2.12. The average Bonchev–Trinajstić information content (AvgIpc) is 3.23. The molecule has 1 N–H and O–H groups in total. The maximum Gasteiger partial charge on any atom is 0.134 e. The molecule has 20 heavy (non-hydrogen) atoms. The number of furan rings is 1. The molecule has 1 aromatic carbocycles. The van der Waals surface area contributed by atoms with Crippen molar-refractivity contribution in [1.82, 2.24) is 5.32 Å². The maximum absolute atomic E-state index is 6.10. The second-order valence-electron chi connectivity index (χ2n) is 5.93.